The molecule has 6 heteroatoms. The molecule has 26 heavy (non-hydrogen) atoms. The topological polar surface area (TPSA) is 38.8 Å². The third-order valence-corrected chi connectivity index (χ3v) is 5.72. The summed E-state index contributed by atoms with van der Waals surface area (Å²) in [6.07, 6.45) is 2.21. The molecule has 0 unspecified atom stereocenters. The van der Waals surface area contributed by atoms with E-state index in [0.29, 0.717) is 6.54 Å². The number of amides is 1. The van der Waals surface area contributed by atoms with Crippen LogP contribution in [0.5, 0.6) is 0 Å². The normalized spacial score (nSPS) is 23.1. The maximum absolute atomic E-state index is 12.4. The van der Waals surface area contributed by atoms with Gasteiger partial charge in [0.25, 0.3) is 0 Å². The van der Waals surface area contributed by atoms with Gasteiger partial charge in [-0.05, 0) is 43.6 Å². The first-order valence-electron chi connectivity index (χ1n) is 9.83. The van der Waals surface area contributed by atoms with Crippen LogP contribution in [0, 0.1) is 0 Å². The van der Waals surface area contributed by atoms with Crippen LogP contribution in [0.2, 0.25) is 5.02 Å². The van der Waals surface area contributed by atoms with Crippen LogP contribution < -0.4 is 5.32 Å². The van der Waals surface area contributed by atoms with Crippen molar-refractivity contribution in [2.24, 2.45) is 0 Å². The van der Waals surface area contributed by atoms with Crippen LogP contribution >= 0.6 is 11.6 Å². The minimum absolute atomic E-state index is 0.174. The molecule has 0 radical (unpaired) electrons. The Morgan fingerprint density at radius 2 is 1.77 bits per heavy atom. The average Bonchev–Trinajstić information content (AvgIpc) is 2.64. The molecule has 1 N–H and O–H groups in total. The minimum Gasteiger partial charge on any atom is -0.351 e. The number of likely N-dealkylation sites (tertiary alicyclic amines) is 1. The number of hydrogen-bond acceptors (Lipinski definition) is 4. The van der Waals surface area contributed by atoms with Crippen molar-refractivity contribution >= 4 is 17.5 Å². The number of piperazine rings is 1. The third-order valence-electron chi connectivity index (χ3n) is 5.47. The predicted octanol–water partition coefficient (Wildman–Crippen LogP) is 2.06. The fourth-order valence-corrected chi connectivity index (χ4v) is 4.03. The van der Waals surface area contributed by atoms with Crippen LogP contribution in [0.4, 0.5) is 0 Å². The first-order chi connectivity index (χ1) is 12.6. The van der Waals surface area contributed by atoms with E-state index in [0.717, 1.165) is 70.2 Å². The number of nitrogens with zero attached hydrogens (tertiary/aromatic N) is 3. The number of halogens is 1. The van der Waals surface area contributed by atoms with E-state index in [1.165, 1.54) is 5.56 Å². The summed E-state index contributed by atoms with van der Waals surface area (Å²) in [6, 6.07) is 8.32. The molecule has 2 aliphatic rings. The Morgan fingerprint density at radius 1 is 1.08 bits per heavy atom. The molecule has 0 bridgehead atoms. The highest BCUT2D eigenvalue weighted by molar-refractivity contribution is 6.30. The number of hydrogen-bond donors (Lipinski definition) is 1. The Kier molecular flexibility index (Phi) is 7.32. The number of benzene rings is 1. The Bertz CT molecular complexity index is 572. The summed E-state index contributed by atoms with van der Waals surface area (Å²) in [5.41, 5.74) is 1.27. The van der Waals surface area contributed by atoms with Crippen molar-refractivity contribution in [3.05, 3.63) is 34.9 Å². The van der Waals surface area contributed by atoms with Crippen molar-refractivity contribution in [3.8, 4) is 0 Å². The number of carbonyl (C=O) groups is 1. The monoisotopic (exact) mass is 378 g/mol. The fraction of sp³-hybridized carbons (Fsp3) is 0.650. The molecule has 0 spiro atoms. The quantitative estimate of drug-likeness (QED) is 0.822. The standard InChI is InChI=1S/C20H31ClN4O/c1-2-23-10-12-24(13-11-23)16-20(26)22-19-4-3-9-25(15-19)14-17-5-7-18(21)8-6-17/h5-8,19H,2-4,9-16H2,1H3,(H,22,26)/t19-/m1/s1. The van der Waals surface area contributed by atoms with Crippen molar-refractivity contribution in [3.63, 3.8) is 0 Å². The second-order valence-corrected chi connectivity index (χ2v) is 7.92. The van der Waals surface area contributed by atoms with Gasteiger partial charge in [-0.15, -0.1) is 0 Å². The van der Waals surface area contributed by atoms with E-state index in [1.54, 1.807) is 0 Å². The summed E-state index contributed by atoms with van der Waals surface area (Å²) in [5.74, 6) is 0.174. The van der Waals surface area contributed by atoms with E-state index in [9.17, 15) is 4.79 Å². The lowest BCUT2D eigenvalue weighted by atomic mass is 10.0. The number of nitrogens with one attached hydrogen (secondary N) is 1. The highest BCUT2D eigenvalue weighted by atomic mass is 35.5. The van der Waals surface area contributed by atoms with E-state index < -0.39 is 0 Å². The van der Waals surface area contributed by atoms with E-state index in [1.807, 2.05) is 12.1 Å². The first-order valence-corrected chi connectivity index (χ1v) is 10.2. The highest BCUT2D eigenvalue weighted by Crippen LogP contribution is 2.16. The van der Waals surface area contributed by atoms with Gasteiger partial charge in [0.2, 0.25) is 5.91 Å². The maximum atomic E-state index is 12.4. The van der Waals surface area contributed by atoms with Gasteiger partial charge in [0, 0.05) is 50.3 Å². The minimum atomic E-state index is 0.174. The molecule has 144 valence electrons. The molecule has 5 nitrogen and oxygen atoms in total. The van der Waals surface area contributed by atoms with Gasteiger partial charge in [0.15, 0.2) is 0 Å². The highest BCUT2D eigenvalue weighted by Gasteiger charge is 2.23. The van der Waals surface area contributed by atoms with Crippen LogP contribution in [0.25, 0.3) is 0 Å². The number of rotatable bonds is 6. The van der Waals surface area contributed by atoms with Gasteiger partial charge < -0.3 is 10.2 Å². The van der Waals surface area contributed by atoms with E-state index >= 15 is 0 Å². The number of piperidine rings is 1. The second kappa shape index (κ2) is 9.70. The molecule has 2 heterocycles. The molecule has 2 saturated heterocycles. The molecule has 1 aromatic carbocycles. The zero-order valence-corrected chi connectivity index (χ0v) is 16.5. The Morgan fingerprint density at radius 3 is 2.46 bits per heavy atom. The molecule has 0 aromatic heterocycles. The van der Waals surface area contributed by atoms with Gasteiger partial charge in [-0.1, -0.05) is 30.7 Å². The van der Waals surface area contributed by atoms with Crippen molar-refractivity contribution in [1.82, 2.24) is 20.0 Å². The van der Waals surface area contributed by atoms with Crippen LogP contribution in [-0.4, -0.2) is 79.0 Å². The van der Waals surface area contributed by atoms with E-state index in [2.05, 4.69) is 39.1 Å². The smallest absolute Gasteiger partial charge is 0.234 e. The molecule has 1 atom stereocenters. The van der Waals surface area contributed by atoms with Crippen LogP contribution in [-0.2, 0) is 11.3 Å². The molecule has 3 rings (SSSR count). The summed E-state index contributed by atoms with van der Waals surface area (Å²) < 4.78 is 0. The van der Waals surface area contributed by atoms with Crippen LogP contribution in [0.15, 0.2) is 24.3 Å². The first kappa shape index (κ1) is 19.6. The summed E-state index contributed by atoms with van der Waals surface area (Å²) in [4.78, 5) is 19.6. The van der Waals surface area contributed by atoms with Crippen LogP contribution in [0.3, 0.4) is 0 Å². The molecule has 0 saturated carbocycles. The molecule has 2 fully saturated rings. The van der Waals surface area contributed by atoms with E-state index in [4.69, 9.17) is 11.6 Å². The number of carbonyl (C=O) groups excluding carboxylic acids is 1. The van der Waals surface area contributed by atoms with Crippen molar-refractivity contribution < 1.29 is 4.79 Å². The fourth-order valence-electron chi connectivity index (χ4n) is 3.91. The summed E-state index contributed by atoms with van der Waals surface area (Å²) in [7, 11) is 0. The predicted molar refractivity (Wildman–Crippen MR) is 106 cm³/mol. The third kappa shape index (κ3) is 5.95. The molecule has 2 aliphatic heterocycles. The largest absolute Gasteiger partial charge is 0.351 e. The van der Waals surface area contributed by atoms with Crippen molar-refractivity contribution in [2.45, 2.75) is 32.4 Å². The lowest BCUT2D eigenvalue weighted by molar-refractivity contribution is -0.123. The van der Waals surface area contributed by atoms with Gasteiger partial charge >= 0.3 is 0 Å². The molecule has 0 aliphatic carbocycles. The van der Waals surface area contributed by atoms with Crippen molar-refractivity contribution in [2.75, 3.05) is 52.4 Å². The van der Waals surface area contributed by atoms with Crippen molar-refractivity contribution in [1.29, 1.82) is 0 Å². The van der Waals surface area contributed by atoms with E-state index in [-0.39, 0.29) is 11.9 Å². The Balaban J connectivity index is 1.41. The zero-order chi connectivity index (χ0) is 18.4. The van der Waals surface area contributed by atoms with Gasteiger partial charge in [-0.25, -0.2) is 0 Å². The Hall–Kier alpha value is -1.14. The SMILES string of the molecule is CCN1CCN(CC(=O)N[C@@H]2CCCN(Cc3ccc(Cl)cc3)C2)CC1. The summed E-state index contributed by atoms with van der Waals surface area (Å²) in [5, 5.41) is 4.03. The molecular formula is C20H31ClN4O. The lowest BCUT2D eigenvalue weighted by Gasteiger charge is -2.35. The van der Waals surface area contributed by atoms with Crippen LogP contribution in [0.1, 0.15) is 25.3 Å². The van der Waals surface area contributed by atoms with Gasteiger partial charge in [0.05, 0.1) is 6.54 Å². The molecular weight excluding hydrogens is 348 g/mol. The van der Waals surface area contributed by atoms with Gasteiger partial charge in [0.1, 0.15) is 0 Å². The average molecular weight is 379 g/mol. The maximum Gasteiger partial charge on any atom is 0.234 e. The summed E-state index contributed by atoms with van der Waals surface area (Å²) in [6.45, 7) is 10.9. The lowest BCUT2D eigenvalue weighted by Crippen LogP contribution is -2.52. The van der Waals surface area contributed by atoms with Gasteiger partial charge in [-0.2, -0.15) is 0 Å². The number of likely N-dealkylation sites (N-methyl/N-ethyl adjacent to an activating group) is 1. The summed E-state index contributed by atoms with van der Waals surface area (Å²) >= 11 is 5.96. The Labute approximate surface area is 162 Å². The molecule has 1 amide bonds. The zero-order valence-electron chi connectivity index (χ0n) is 15.8. The second-order valence-electron chi connectivity index (χ2n) is 7.48. The molecule has 1 aromatic rings. The van der Waals surface area contributed by atoms with Gasteiger partial charge in [-0.3, -0.25) is 14.6 Å².